The first-order valence-corrected chi connectivity index (χ1v) is 19.9. The molecule has 1 N–H and O–H groups in total. The largest absolute Gasteiger partial charge is 0.393 e. The number of oxime groups is 1. The minimum atomic E-state index is 0.309. The standard InChI is InChI=1S/C42H76N2O/c1-3-5-7-9-11-13-15-17-19-21-23-25-27-29-31-33-35-42(45-44-41-37-39-43-40-38-41)36-34-32-30-28-26-24-22-20-18-16-14-12-10-8-6-4-2/h11-14,17-20,42-43H,3-10,15-16,21-40H2,1-2H3/b13-11-,14-12-,19-17-,20-18-. The molecular weight excluding hydrogens is 548 g/mol. The molecule has 0 spiro atoms. The fourth-order valence-corrected chi connectivity index (χ4v) is 5.93. The number of hydrogen-bond acceptors (Lipinski definition) is 3. The SMILES string of the molecule is CCCCC/C=C\C/C=C\CCCCCCCCC(CCCCCCCC/C=C\C/C=C\CCCCC)ON=C1CCNCC1. The maximum absolute atomic E-state index is 6.17. The first-order valence-electron chi connectivity index (χ1n) is 19.9. The summed E-state index contributed by atoms with van der Waals surface area (Å²) in [5.41, 5.74) is 1.26. The van der Waals surface area contributed by atoms with E-state index in [1.54, 1.807) is 0 Å². The number of allylic oxidation sites excluding steroid dienone is 8. The average molecular weight is 625 g/mol. The molecule has 0 aliphatic carbocycles. The molecule has 3 nitrogen and oxygen atoms in total. The molecule has 1 saturated heterocycles. The lowest BCUT2D eigenvalue weighted by molar-refractivity contribution is 0.0420. The first kappa shape index (κ1) is 41.4. The van der Waals surface area contributed by atoms with Gasteiger partial charge in [-0.3, -0.25) is 0 Å². The second kappa shape index (κ2) is 35.2. The van der Waals surface area contributed by atoms with Crippen LogP contribution in [0.1, 0.15) is 194 Å². The van der Waals surface area contributed by atoms with E-state index < -0.39 is 0 Å². The van der Waals surface area contributed by atoms with Crippen LogP contribution in [0.25, 0.3) is 0 Å². The Balaban J connectivity index is 2.09. The van der Waals surface area contributed by atoms with Crippen molar-refractivity contribution < 1.29 is 4.84 Å². The van der Waals surface area contributed by atoms with E-state index in [2.05, 4.69) is 72.9 Å². The molecular formula is C42H76N2O. The lowest BCUT2D eigenvalue weighted by atomic mass is 10.0. The summed E-state index contributed by atoms with van der Waals surface area (Å²) in [6.45, 7) is 6.63. The fraction of sp³-hybridized carbons (Fsp3) is 0.786. The van der Waals surface area contributed by atoms with Crippen molar-refractivity contribution >= 4 is 5.71 Å². The Kier molecular flexibility index (Phi) is 32.4. The zero-order valence-electron chi connectivity index (χ0n) is 30.3. The predicted molar refractivity (Wildman–Crippen MR) is 202 cm³/mol. The minimum Gasteiger partial charge on any atom is -0.393 e. The second-order valence-electron chi connectivity index (χ2n) is 13.4. The number of nitrogens with zero attached hydrogens (tertiary/aromatic N) is 1. The highest BCUT2D eigenvalue weighted by molar-refractivity contribution is 5.84. The Bertz CT molecular complexity index is 694. The number of nitrogens with one attached hydrogen (secondary N) is 1. The molecule has 1 aliphatic rings. The van der Waals surface area contributed by atoms with Crippen LogP contribution in [-0.4, -0.2) is 24.9 Å². The van der Waals surface area contributed by atoms with Gasteiger partial charge in [-0.1, -0.05) is 145 Å². The monoisotopic (exact) mass is 625 g/mol. The second-order valence-corrected chi connectivity index (χ2v) is 13.4. The van der Waals surface area contributed by atoms with Gasteiger partial charge in [0.15, 0.2) is 0 Å². The Hall–Kier alpha value is -1.61. The van der Waals surface area contributed by atoms with Crippen LogP contribution >= 0.6 is 0 Å². The van der Waals surface area contributed by atoms with E-state index in [1.165, 1.54) is 160 Å². The number of hydrogen-bond donors (Lipinski definition) is 1. The molecule has 45 heavy (non-hydrogen) atoms. The highest BCUT2D eigenvalue weighted by Crippen LogP contribution is 2.18. The van der Waals surface area contributed by atoms with Crippen molar-refractivity contribution in [2.45, 2.75) is 200 Å². The van der Waals surface area contributed by atoms with Crippen LogP contribution in [0.2, 0.25) is 0 Å². The first-order chi connectivity index (χ1) is 22.4. The van der Waals surface area contributed by atoms with Crippen molar-refractivity contribution in [1.29, 1.82) is 0 Å². The van der Waals surface area contributed by atoms with E-state index in [1.807, 2.05) is 0 Å². The predicted octanol–water partition coefficient (Wildman–Crippen LogP) is 13.5. The Morgan fingerprint density at radius 3 is 1.31 bits per heavy atom. The molecule has 0 saturated carbocycles. The molecule has 1 fully saturated rings. The molecule has 1 heterocycles. The summed E-state index contributed by atoms with van der Waals surface area (Å²) in [5, 5.41) is 8.05. The van der Waals surface area contributed by atoms with Crippen molar-refractivity contribution in [2.24, 2.45) is 5.16 Å². The van der Waals surface area contributed by atoms with Crippen molar-refractivity contribution in [3.63, 3.8) is 0 Å². The van der Waals surface area contributed by atoms with Gasteiger partial charge in [-0.2, -0.15) is 0 Å². The maximum atomic E-state index is 6.17. The Labute approximate surface area is 281 Å². The molecule has 0 bridgehead atoms. The molecule has 0 atom stereocenters. The molecule has 0 aromatic rings. The highest BCUT2D eigenvalue weighted by atomic mass is 16.6. The van der Waals surface area contributed by atoms with Gasteiger partial charge in [0, 0.05) is 25.9 Å². The minimum absolute atomic E-state index is 0.309. The lowest BCUT2D eigenvalue weighted by Crippen LogP contribution is -2.28. The van der Waals surface area contributed by atoms with E-state index in [9.17, 15) is 0 Å². The van der Waals surface area contributed by atoms with Crippen molar-refractivity contribution in [2.75, 3.05) is 13.1 Å². The van der Waals surface area contributed by atoms with E-state index in [-0.39, 0.29) is 0 Å². The normalized spacial score (nSPS) is 14.3. The van der Waals surface area contributed by atoms with Crippen LogP contribution in [0.5, 0.6) is 0 Å². The topological polar surface area (TPSA) is 33.6 Å². The van der Waals surface area contributed by atoms with E-state index in [4.69, 9.17) is 4.84 Å². The van der Waals surface area contributed by atoms with Crippen molar-refractivity contribution in [3.8, 4) is 0 Å². The van der Waals surface area contributed by atoms with Crippen LogP contribution in [0.3, 0.4) is 0 Å². The summed E-state index contributed by atoms with van der Waals surface area (Å²) in [6, 6.07) is 0. The van der Waals surface area contributed by atoms with Gasteiger partial charge < -0.3 is 10.2 Å². The van der Waals surface area contributed by atoms with Crippen LogP contribution in [-0.2, 0) is 4.84 Å². The summed E-state index contributed by atoms with van der Waals surface area (Å²) in [7, 11) is 0. The fourth-order valence-electron chi connectivity index (χ4n) is 5.93. The van der Waals surface area contributed by atoms with Crippen molar-refractivity contribution in [1.82, 2.24) is 5.32 Å². The summed E-state index contributed by atoms with van der Waals surface area (Å²) in [4.78, 5) is 6.17. The number of rotatable bonds is 32. The molecule has 1 aliphatic heterocycles. The summed E-state index contributed by atoms with van der Waals surface area (Å²) in [5.74, 6) is 0. The van der Waals surface area contributed by atoms with Gasteiger partial charge in [0.05, 0.1) is 5.71 Å². The maximum Gasteiger partial charge on any atom is 0.127 e. The van der Waals surface area contributed by atoms with Crippen LogP contribution in [0, 0.1) is 0 Å². The molecule has 1 rings (SSSR count). The average Bonchev–Trinajstić information content (AvgIpc) is 3.06. The third kappa shape index (κ3) is 30.8. The molecule has 0 unspecified atom stereocenters. The summed E-state index contributed by atoms with van der Waals surface area (Å²) < 4.78 is 0. The Morgan fingerprint density at radius 2 is 0.889 bits per heavy atom. The molecule has 260 valence electrons. The third-order valence-electron chi connectivity index (χ3n) is 8.97. The van der Waals surface area contributed by atoms with Gasteiger partial charge in [-0.15, -0.1) is 0 Å². The van der Waals surface area contributed by atoms with Gasteiger partial charge in [0.1, 0.15) is 6.10 Å². The lowest BCUT2D eigenvalue weighted by Gasteiger charge is -2.18. The van der Waals surface area contributed by atoms with Crippen molar-refractivity contribution in [3.05, 3.63) is 48.6 Å². The van der Waals surface area contributed by atoms with E-state index in [0.717, 1.165) is 38.8 Å². The van der Waals surface area contributed by atoms with Crippen LogP contribution in [0.4, 0.5) is 0 Å². The molecule has 0 aromatic heterocycles. The zero-order valence-corrected chi connectivity index (χ0v) is 30.3. The van der Waals surface area contributed by atoms with Crippen LogP contribution in [0.15, 0.2) is 53.8 Å². The van der Waals surface area contributed by atoms with Crippen LogP contribution < -0.4 is 5.32 Å². The van der Waals surface area contributed by atoms with Gasteiger partial charge >= 0.3 is 0 Å². The van der Waals surface area contributed by atoms with Gasteiger partial charge in [-0.25, -0.2) is 0 Å². The quantitative estimate of drug-likeness (QED) is 0.0459. The van der Waals surface area contributed by atoms with E-state index >= 15 is 0 Å². The van der Waals surface area contributed by atoms with Gasteiger partial charge in [0.25, 0.3) is 0 Å². The smallest absolute Gasteiger partial charge is 0.127 e. The highest BCUT2D eigenvalue weighted by Gasteiger charge is 2.12. The number of piperidine rings is 1. The third-order valence-corrected chi connectivity index (χ3v) is 8.97. The summed E-state index contributed by atoms with van der Waals surface area (Å²) in [6.07, 6.45) is 54.9. The van der Waals surface area contributed by atoms with Gasteiger partial charge in [0.2, 0.25) is 0 Å². The summed E-state index contributed by atoms with van der Waals surface area (Å²) >= 11 is 0. The zero-order chi connectivity index (χ0) is 32.1. The molecule has 3 heteroatoms. The molecule has 0 aromatic carbocycles. The van der Waals surface area contributed by atoms with E-state index in [0.29, 0.717) is 6.10 Å². The molecule has 0 amide bonds. The Morgan fingerprint density at radius 1 is 0.511 bits per heavy atom. The number of unbranched alkanes of at least 4 members (excludes halogenated alkanes) is 18. The molecule has 0 radical (unpaired) electrons. The van der Waals surface area contributed by atoms with Gasteiger partial charge in [-0.05, 0) is 89.9 Å².